The van der Waals surface area contributed by atoms with Crippen molar-refractivity contribution < 1.29 is 27.4 Å². The Kier molecular flexibility index (Phi) is 8.14. The second kappa shape index (κ2) is 11.4. The number of amides is 1. The van der Waals surface area contributed by atoms with Crippen LogP contribution in [0.5, 0.6) is 17.2 Å². The van der Waals surface area contributed by atoms with Crippen molar-refractivity contribution in [3.63, 3.8) is 0 Å². The zero-order valence-corrected chi connectivity index (χ0v) is 22.9. The molecule has 0 unspecified atom stereocenters. The van der Waals surface area contributed by atoms with Gasteiger partial charge in [-0.3, -0.25) is 14.6 Å². The summed E-state index contributed by atoms with van der Waals surface area (Å²) in [5.74, 6) is 0.804. The van der Waals surface area contributed by atoms with Gasteiger partial charge in [-0.15, -0.1) is 0 Å². The van der Waals surface area contributed by atoms with Gasteiger partial charge in [0.05, 0.1) is 22.8 Å². The standard InChI is InChI=1S/C27H22BrF3N4O5/c1-14-10-18(11-15(2)23(14)40-19-8-9-21(39-3)20(28)12-19)35-26(38)33-25(37)22(34-35)24(36)32-13-16-4-6-17(7-5-16)27(29,30)31/h4-12H,13H2,1-3H3,(H,32,36)(H,33,37,38). The van der Waals surface area contributed by atoms with Crippen LogP contribution in [0.4, 0.5) is 13.2 Å². The maximum absolute atomic E-state index is 12.8. The largest absolute Gasteiger partial charge is 0.496 e. The van der Waals surface area contributed by atoms with Crippen LogP contribution in [0.25, 0.3) is 5.69 Å². The van der Waals surface area contributed by atoms with Crippen LogP contribution in [0.15, 0.2) is 68.7 Å². The fraction of sp³-hybridized carbons (Fsp3) is 0.185. The molecule has 4 rings (SSSR count). The molecule has 0 saturated carbocycles. The van der Waals surface area contributed by atoms with Crippen LogP contribution in [0.2, 0.25) is 0 Å². The lowest BCUT2D eigenvalue weighted by Crippen LogP contribution is -2.39. The van der Waals surface area contributed by atoms with Gasteiger partial charge < -0.3 is 14.8 Å². The van der Waals surface area contributed by atoms with Crippen molar-refractivity contribution in [2.24, 2.45) is 0 Å². The molecule has 0 radical (unpaired) electrons. The number of carbonyl (C=O) groups excluding carboxylic acids is 1. The van der Waals surface area contributed by atoms with E-state index in [0.29, 0.717) is 38.4 Å². The highest BCUT2D eigenvalue weighted by Gasteiger charge is 2.30. The number of aromatic amines is 1. The van der Waals surface area contributed by atoms with Crippen LogP contribution in [0.3, 0.4) is 0 Å². The third-order valence-corrected chi connectivity index (χ3v) is 6.43. The minimum Gasteiger partial charge on any atom is -0.496 e. The van der Waals surface area contributed by atoms with E-state index in [0.717, 1.165) is 16.8 Å². The lowest BCUT2D eigenvalue weighted by molar-refractivity contribution is -0.137. The van der Waals surface area contributed by atoms with Crippen molar-refractivity contribution in [2.75, 3.05) is 7.11 Å². The Morgan fingerprint density at radius 3 is 2.27 bits per heavy atom. The molecule has 0 aliphatic rings. The van der Waals surface area contributed by atoms with Gasteiger partial charge in [0.2, 0.25) is 5.69 Å². The van der Waals surface area contributed by atoms with Crippen LogP contribution in [-0.2, 0) is 12.7 Å². The average molecular weight is 619 g/mol. The maximum Gasteiger partial charge on any atom is 0.416 e. The van der Waals surface area contributed by atoms with Crippen molar-refractivity contribution in [3.05, 3.63) is 108 Å². The number of rotatable bonds is 7. The minimum absolute atomic E-state index is 0.164. The quantitative estimate of drug-likeness (QED) is 0.299. The summed E-state index contributed by atoms with van der Waals surface area (Å²) in [4.78, 5) is 39.7. The maximum atomic E-state index is 12.8. The third kappa shape index (κ3) is 6.25. The number of benzene rings is 3. The molecule has 13 heteroatoms. The summed E-state index contributed by atoms with van der Waals surface area (Å²) < 4.78 is 51.1. The number of ether oxygens (including phenoxy) is 2. The molecule has 4 aromatic rings. The summed E-state index contributed by atoms with van der Waals surface area (Å²) in [6, 6.07) is 12.6. The van der Waals surface area contributed by atoms with E-state index >= 15 is 0 Å². The van der Waals surface area contributed by atoms with Gasteiger partial charge in [0, 0.05) is 6.54 Å². The number of hydrogen-bond donors (Lipinski definition) is 2. The number of methoxy groups -OCH3 is 1. The smallest absolute Gasteiger partial charge is 0.416 e. The molecule has 0 bridgehead atoms. The number of nitrogens with zero attached hydrogens (tertiary/aromatic N) is 2. The van der Waals surface area contributed by atoms with E-state index in [1.165, 1.54) is 12.1 Å². The Morgan fingerprint density at radius 1 is 1.05 bits per heavy atom. The van der Waals surface area contributed by atoms with Crippen molar-refractivity contribution in [3.8, 4) is 22.9 Å². The van der Waals surface area contributed by atoms with Gasteiger partial charge in [-0.05, 0) is 88.9 Å². The predicted octanol–water partition coefficient (Wildman–Crippen LogP) is 5.05. The zero-order valence-electron chi connectivity index (χ0n) is 21.4. The first kappa shape index (κ1) is 28.6. The summed E-state index contributed by atoms with van der Waals surface area (Å²) in [6.45, 7) is 3.36. The van der Waals surface area contributed by atoms with Crippen molar-refractivity contribution in [2.45, 2.75) is 26.6 Å². The number of aryl methyl sites for hydroxylation is 2. The molecule has 0 atom stereocenters. The highest BCUT2D eigenvalue weighted by Crippen LogP contribution is 2.35. The van der Waals surface area contributed by atoms with Gasteiger partial charge in [0.25, 0.3) is 11.5 Å². The summed E-state index contributed by atoms with van der Waals surface area (Å²) in [6.07, 6.45) is -4.49. The second-order valence-electron chi connectivity index (χ2n) is 8.70. The van der Waals surface area contributed by atoms with Crippen molar-refractivity contribution in [1.29, 1.82) is 0 Å². The van der Waals surface area contributed by atoms with Gasteiger partial charge in [0.15, 0.2) is 0 Å². The van der Waals surface area contributed by atoms with Gasteiger partial charge in [0.1, 0.15) is 17.2 Å². The molecule has 2 N–H and O–H groups in total. The van der Waals surface area contributed by atoms with Crippen LogP contribution in [0.1, 0.15) is 32.7 Å². The van der Waals surface area contributed by atoms with Gasteiger partial charge in [-0.1, -0.05) is 12.1 Å². The topological polar surface area (TPSA) is 115 Å². The summed E-state index contributed by atoms with van der Waals surface area (Å²) in [7, 11) is 1.55. The molecule has 0 saturated heterocycles. The molecular weight excluding hydrogens is 597 g/mol. The normalized spacial score (nSPS) is 11.3. The number of carbonyl (C=O) groups is 1. The van der Waals surface area contributed by atoms with Gasteiger partial charge in [-0.2, -0.15) is 23.0 Å². The van der Waals surface area contributed by atoms with E-state index in [1.807, 2.05) is 0 Å². The molecule has 9 nitrogen and oxygen atoms in total. The summed E-state index contributed by atoms with van der Waals surface area (Å²) in [5, 5.41) is 6.40. The number of aromatic nitrogens is 3. The molecule has 1 amide bonds. The molecular formula is C27H22BrF3N4O5. The second-order valence-corrected chi connectivity index (χ2v) is 9.56. The average Bonchev–Trinajstić information content (AvgIpc) is 2.89. The molecule has 0 aliphatic heterocycles. The minimum atomic E-state index is -4.49. The first-order valence-corrected chi connectivity index (χ1v) is 12.5. The van der Waals surface area contributed by atoms with Crippen LogP contribution < -0.4 is 26.0 Å². The number of alkyl halides is 3. The predicted molar refractivity (Wildman–Crippen MR) is 143 cm³/mol. The first-order valence-electron chi connectivity index (χ1n) is 11.7. The van der Waals surface area contributed by atoms with E-state index in [2.05, 4.69) is 31.3 Å². The molecule has 40 heavy (non-hydrogen) atoms. The molecule has 1 heterocycles. The molecule has 3 aromatic carbocycles. The zero-order chi connectivity index (χ0) is 29.2. The summed E-state index contributed by atoms with van der Waals surface area (Å²) in [5.41, 5.74) is -1.35. The van der Waals surface area contributed by atoms with E-state index in [-0.39, 0.29) is 12.2 Å². The summed E-state index contributed by atoms with van der Waals surface area (Å²) >= 11 is 3.41. The van der Waals surface area contributed by atoms with E-state index in [4.69, 9.17) is 9.47 Å². The Bertz CT molecular complexity index is 1680. The van der Waals surface area contributed by atoms with Crippen LogP contribution >= 0.6 is 15.9 Å². The van der Waals surface area contributed by atoms with Crippen LogP contribution in [-0.4, -0.2) is 27.8 Å². The molecule has 1 aromatic heterocycles. The number of H-pyrrole nitrogens is 1. The number of halogens is 4. The SMILES string of the molecule is COc1ccc(Oc2c(C)cc(-n3nc(C(=O)NCc4ccc(C(F)(F)F)cc4)c(=O)[nH]c3=O)cc2C)cc1Br. The fourth-order valence-corrected chi connectivity index (χ4v) is 4.36. The molecule has 0 fully saturated rings. The Hall–Kier alpha value is -4.39. The highest BCUT2D eigenvalue weighted by molar-refractivity contribution is 9.10. The first-order chi connectivity index (χ1) is 18.9. The van der Waals surface area contributed by atoms with Crippen LogP contribution in [0, 0.1) is 13.8 Å². The van der Waals surface area contributed by atoms with Gasteiger partial charge >= 0.3 is 11.9 Å². The number of hydrogen-bond acceptors (Lipinski definition) is 6. The molecule has 208 valence electrons. The lowest BCUT2D eigenvalue weighted by Gasteiger charge is -2.15. The van der Waals surface area contributed by atoms with E-state index in [9.17, 15) is 27.6 Å². The fourth-order valence-electron chi connectivity index (χ4n) is 3.84. The van der Waals surface area contributed by atoms with Crippen molar-refractivity contribution >= 4 is 21.8 Å². The lowest BCUT2D eigenvalue weighted by atomic mass is 10.1. The van der Waals surface area contributed by atoms with Crippen molar-refractivity contribution in [1.82, 2.24) is 20.1 Å². The Morgan fingerprint density at radius 2 is 1.70 bits per heavy atom. The monoisotopic (exact) mass is 618 g/mol. The van der Waals surface area contributed by atoms with E-state index in [1.54, 1.807) is 51.3 Å². The molecule has 0 aliphatic carbocycles. The molecule has 0 spiro atoms. The highest BCUT2D eigenvalue weighted by atomic mass is 79.9. The number of nitrogens with one attached hydrogen (secondary N) is 2. The Balaban J connectivity index is 1.57. The third-order valence-electron chi connectivity index (χ3n) is 5.81. The Labute approximate surface area is 233 Å². The van der Waals surface area contributed by atoms with E-state index < -0.39 is 34.6 Å². The van der Waals surface area contributed by atoms with Gasteiger partial charge in [-0.25, -0.2) is 4.79 Å².